The van der Waals surface area contributed by atoms with Gasteiger partial charge in [-0.1, -0.05) is 24.3 Å². The average Bonchev–Trinajstić information content (AvgIpc) is 2.48. The first kappa shape index (κ1) is 14.2. The molecule has 20 heavy (non-hydrogen) atoms. The van der Waals surface area contributed by atoms with Crippen molar-refractivity contribution >= 4 is 6.29 Å². The van der Waals surface area contributed by atoms with Gasteiger partial charge in [-0.05, 0) is 24.1 Å². The molecule has 0 saturated heterocycles. The summed E-state index contributed by atoms with van der Waals surface area (Å²) in [7, 11) is 1.53. The van der Waals surface area contributed by atoms with Gasteiger partial charge in [0.1, 0.15) is 12.1 Å². The van der Waals surface area contributed by atoms with Crippen LogP contribution in [0.15, 0.2) is 36.4 Å². The van der Waals surface area contributed by atoms with E-state index in [2.05, 4.69) is 4.98 Å². The van der Waals surface area contributed by atoms with Gasteiger partial charge in [0.25, 0.3) is 0 Å². The Morgan fingerprint density at radius 1 is 1.30 bits per heavy atom. The predicted molar refractivity (Wildman–Crippen MR) is 74.4 cm³/mol. The predicted octanol–water partition coefficient (Wildman–Crippen LogP) is 3.06. The normalized spacial score (nSPS) is 11.9. The lowest BCUT2D eigenvalue weighted by atomic mass is 9.93. The number of benzene rings is 1. The Labute approximate surface area is 117 Å². The molecule has 4 heteroatoms. The van der Waals surface area contributed by atoms with Crippen molar-refractivity contribution in [1.29, 1.82) is 0 Å². The van der Waals surface area contributed by atoms with E-state index < -0.39 is 5.92 Å². The van der Waals surface area contributed by atoms with Gasteiger partial charge < -0.3 is 9.53 Å². The quantitative estimate of drug-likeness (QED) is 0.786. The second-order valence-electron chi connectivity index (χ2n) is 4.60. The van der Waals surface area contributed by atoms with E-state index in [4.69, 9.17) is 4.74 Å². The lowest BCUT2D eigenvalue weighted by Gasteiger charge is -2.13. The standard InChI is InChI=1S/C16H16FNO2/c1-11-5-3-7-14(16(11)17)12(10-19)9-13-6-4-8-15(18-13)20-2/h3-8,10,12H,9H2,1-2H3. The highest BCUT2D eigenvalue weighted by Gasteiger charge is 2.17. The molecule has 0 aliphatic rings. The molecule has 0 saturated carbocycles. The van der Waals surface area contributed by atoms with Crippen molar-refractivity contribution in [3.63, 3.8) is 0 Å². The van der Waals surface area contributed by atoms with Gasteiger partial charge in [0.05, 0.1) is 7.11 Å². The summed E-state index contributed by atoms with van der Waals surface area (Å²) in [6.07, 6.45) is 1.11. The number of aldehydes is 1. The molecule has 1 atom stereocenters. The van der Waals surface area contributed by atoms with Crippen molar-refractivity contribution in [3.05, 3.63) is 59.0 Å². The van der Waals surface area contributed by atoms with Crippen LogP contribution < -0.4 is 4.74 Å². The van der Waals surface area contributed by atoms with Gasteiger partial charge in [-0.2, -0.15) is 0 Å². The second kappa shape index (κ2) is 6.28. The summed E-state index contributed by atoms with van der Waals surface area (Å²) in [5.74, 6) is -0.390. The minimum atomic E-state index is -0.547. The van der Waals surface area contributed by atoms with Gasteiger partial charge in [0.2, 0.25) is 5.88 Å². The molecule has 1 aromatic carbocycles. The molecule has 1 heterocycles. The van der Waals surface area contributed by atoms with Crippen LogP contribution in [-0.4, -0.2) is 18.4 Å². The van der Waals surface area contributed by atoms with Gasteiger partial charge in [0, 0.05) is 24.1 Å². The van der Waals surface area contributed by atoms with Crippen LogP contribution in [0.4, 0.5) is 4.39 Å². The zero-order valence-corrected chi connectivity index (χ0v) is 11.5. The van der Waals surface area contributed by atoms with E-state index in [0.717, 1.165) is 6.29 Å². The van der Waals surface area contributed by atoms with Crippen molar-refractivity contribution in [2.45, 2.75) is 19.3 Å². The first-order chi connectivity index (χ1) is 9.65. The minimum Gasteiger partial charge on any atom is -0.481 e. The molecule has 1 aromatic heterocycles. The molecule has 0 radical (unpaired) electrons. The SMILES string of the molecule is COc1cccc(CC(C=O)c2cccc(C)c2F)n1. The van der Waals surface area contributed by atoms with E-state index >= 15 is 0 Å². The van der Waals surface area contributed by atoms with Crippen molar-refractivity contribution < 1.29 is 13.9 Å². The number of methoxy groups -OCH3 is 1. The molecule has 0 fully saturated rings. The molecule has 0 aliphatic carbocycles. The first-order valence-electron chi connectivity index (χ1n) is 6.36. The number of aryl methyl sites for hydroxylation is 1. The Balaban J connectivity index is 2.28. The van der Waals surface area contributed by atoms with E-state index in [1.165, 1.54) is 7.11 Å². The Kier molecular flexibility index (Phi) is 4.45. The summed E-state index contributed by atoms with van der Waals surface area (Å²) in [5.41, 5.74) is 1.64. The lowest BCUT2D eigenvalue weighted by Crippen LogP contribution is -2.09. The largest absolute Gasteiger partial charge is 0.481 e. The zero-order valence-electron chi connectivity index (χ0n) is 11.5. The van der Waals surface area contributed by atoms with E-state index in [1.54, 1.807) is 43.3 Å². The van der Waals surface area contributed by atoms with E-state index in [9.17, 15) is 9.18 Å². The maximum Gasteiger partial charge on any atom is 0.213 e. The van der Waals surface area contributed by atoms with Crippen molar-refractivity contribution in [2.75, 3.05) is 7.11 Å². The first-order valence-corrected chi connectivity index (χ1v) is 6.36. The number of hydrogen-bond donors (Lipinski definition) is 0. The Morgan fingerprint density at radius 3 is 2.75 bits per heavy atom. The summed E-state index contributed by atoms with van der Waals surface area (Å²) in [4.78, 5) is 15.6. The number of rotatable bonds is 5. The average molecular weight is 273 g/mol. The van der Waals surface area contributed by atoms with Gasteiger partial charge in [-0.25, -0.2) is 9.37 Å². The molecule has 0 amide bonds. The number of carbonyl (C=O) groups excluding carboxylic acids is 1. The number of hydrogen-bond acceptors (Lipinski definition) is 3. The van der Waals surface area contributed by atoms with E-state index in [0.29, 0.717) is 29.1 Å². The summed E-state index contributed by atoms with van der Waals surface area (Å²) in [5, 5.41) is 0. The molecule has 0 aliphatic heterocycles. The van der Waals surface area contributed by atoms with Crippen LogP contribution >= 0.6 is 0 Å². The molecule has 2 aromatic rings. The number of ether oxygens (including phenoxy) is 1. The van der Waals surface area contributed by atoms with Crippen molar-refractivity contribution in [1.82, 2.24) is 4.98 Å². The number of halogens is 1. The molecular formula is C16H16FNO2. The van der Waals surface area contributed by atoms with Gasteiger partial charge in [-0.15, -0.1) is 0 Å². The Morgan fingerprint density at radius 2 is 2.05 bits per heavy atom. The van der Waals surface area contributed by atoms with Crippen LogP contribution in [0, 0.1) is 12.7 Å². The Bertz CT molecular complexity index is 613. The fourth-order valence-corrected chi connectivity index (χ4v) is 2.10. The maximum atomic E-state index is 14.1. The van der Waals surface area contributed by atoms with Crippen LogP contribution in [0.3, 0.4) is 0 Å². The summed E-state index contributed by atoms with van der Waals surface area (Å²) < 4.78 is 19.1. The van der Waals surface area contributed by atoms with Crippen molar-refractivity contribution in [2.24, 2.45) is 0 Å². The fraction of sp³-hybridized carbons (Fsp3) is 0.250. The highest BCUT2D eigenvalue weighted by molar-refractivity contribution is 5.63. The van der Waals surface area contributed by atoms with Crippen LogP contribution in [0.5, 0.6) is 5.88 Å². The minimum absolute atomic E-state index is 0.326. The third-order valence-electron chi connectivity index (χ3n) is 3.20. The molecule has 2 rings (SSSR count). The van der Waals surface area contributed by atoms with Crippen molar-refractivity contribution in [3.8, 4) is 5.88 Å². The summed E-state index contributed by atoms with van der Waals surface area (Å²) in [6.45, 7) is 1.69. The summed E-state index contributed by atoms with van der Waals surface area (Å²) >= 11 is 0. The third-order valence-corrected chi connectivity index (χ3v) is 3.20. The highest BCUT2D eigenvalue weighted by atomic mass is 19.1. The molecule has 1 unspecified atom stereocenters. The zero-order chi connectivity index (χ0) is 14.5. The number of pyridine rings is 1. The second-order valence-corrected chi connectivity index (χ2v) is 4.60. The topological polar surface area (TPSA) is 39.2 Å². The Hall–Kier alpha value is -2.23. The summed E-state index contributed by atoms with van der Waals surface area (Å²) in [6, 6.07) is 10.4. The van der Waals surface area contributed by atoms with Crippen LogP contribution in [0.25, 0.3) is 0 Å². The third kappa shape index (κ3) is 3.02. The molecule has 3 nitrogen and oxygen atoms in total. The molecule has 0 bridgehead atoms. The highest BCUT2D eigenvalue weighted by Crippen LogP contribution is 2.23. The van der Waals surface area contributed by atoms with Gasteiger partial charge >= 0.3 is 0 Å². The van der Waals surface area contributed by atoms with Crippen LogP contribution in [0.1, 0.15) is 22.7 Å². The molecule has 0 spiro atoms. The van der Waals surface area contributed by atoms with Gasteiger partial charge in [0.15, 0.2) is 0 Å². The number of aromatic nitrogens is 1. The lowest BCUT2D eigenvalue weighted by molar-refractivity contribution is -0.109. The van der Waals surface area contributed by atoms with E-state index in [-0.39, 0.29) is 5.82 Å². The molecule has 104 valence electrons. The number of carbonyl (C=O) groups is 1. The molecular weight excluding hydrogens is 257 g/mol. The molecule has 0 N–H and O–H groups in total. The smallest absolute Gasteiger partial charge is 0.213 e. The van der Waals surface area contributed by atoms with Crippen LogP contribution in [-0.2, 0) is 11.2 Å². The number of nitrogens with zero attached hydrogens (tertiary/aromatic N) is 1. The fourth-order valence-electron chi connectivity index (χ4n) is 2.10. The monoisotopic (exact) mass is 273 g/mol. The van der Waals surface area contributed by atoms with Crippen LogP contribution in [0.2, 0.25) is 0 Å². The van der Waals surface area contributed by atoms with E-state index in [1.807, 2.05) is 0 Å². The maximum absolute atomic E-state index is 14.1. The van der Waals surface area contributed by atoms with Gasteiger partial charge in [-0.3, -0.25) is 0 Å².